The normalized spacial score (nSPS) is 21.2. The number of aromatic nitrogens is 1. The minimum absolute atomic E-state index is 0.139. The zero-order valence-electron chi connectivity index (χ0n) is 7.63. The predicted molar refractivity (Wildman–Crippen MR) is 53.8 cm³/mol. The van der Waals surface area contributed by atoms with Crippen LogP contribution < -0.4 is 5.73 Å². The molecule has 0 aliphatic heterocycles. The third-order valence-electron chi connectivity index (χ3n) is 2.97. The lowest BCUT2D eigenvalue weighted by Gasteiger charge is -2.20. The predicted octanol–water partition coefficient (Wildman–Crippen LogP) is 2.11. The van der Waals surface area contributed by atoms with E-state index < -0.39 is 0 Å². The van der Waals surface area contributed by atoms with Crippen molar-refractivity contribution in [1.29, 1.82) is 0 Å². The lowest BCUT2D eigenvalue weighted by molar-refractivity contribution is 0.556. The average Bonchev–Trinajstić information content (AvgIpc) is 2.85. The van der Waals surface area contributed by atoms with E-state index >= 15 is 0 Å². The van der Waals surface area contributed by atoms with Crippen LogP contribution in [-0.2, 0) is 5.41 Å². The Morgan fingerprint density at radius 3 is 2.77 bits per heavy atom. The molecule has 0 bridgehead atoms. The molecule has 1 aromatic heterocycles. The van der Waals surface area contributed by atoms with Crippen molar-refractivity contribution >= 4 is 11.6 Å². The average molecular weight is 197 g/mol. The topological polar surface area (TPSA) is 38.9 Å². The second kappa shape index (κ2) is 2.96. The molecule has 0 radical (unpaired) electrons. The number of halogens is 1. The van der Waals surface area contributed by atoms with Gasteiger partial charge >= 0.3 is 0 Å². The Balaban J connectivity index is 2.41. The molecule has 0 spiro atoms. The van der Waals surface area contributed by atoms with Crippen LogP contribution in [0.1, 0.15) is 25.3 Å². The van der Waals surface area contributed by atoms with Crippen molar-refractivity contribution in [2.24, 2.45) is 5.73 Å². The van der Waals surface area contributed by atoms with Crippen LogP contribution in [0.2, 0.25) is 5.02 Å². The van der Waals surface area contributed by atoms with Gasteiger partial charge in [0.2, 0.25) is 0 Å². The Hall–Kier alpha value is -0.600. The molecule has 1 unspecified atom stereocenters. The maximum absolute atomic E-state index is 6.07. The molecule has 1 atom stereocenters. The first-order valence-electron chi connectivity index (χ1n) is 4.52. The number of hydrogen-bond acceptors (Lipinski definition) is 2. The monoisotopic (exact) mass is 196 g/mol. The lowest BCUT2D eigenvalue weighted by Crippen LogP contribution is -2.31. The van der Waals surface area contributed by atoms with Gasteiger partial charge < -0.3 is 5.73 Å². The summed E-state index contributed by atoms with van der Waals surface area (Å²) in [6, 6.07) is 2.16. The molecule has 2 nitrogen and oxygen atoms in total. The molecule has 1 aliphatic rings. The van der Waals surface area contributed by atoms with E-state index in [9.17, 15) is 0 Å². The molecule has 70 valence electrons. The van der Waals surface area contributed by atoms with Crippen LogP contribution in [0.3, 0.4) is 0 Å². The van der Waals surface area contributed by atoms with Gasteiger partial charge in [0.15, 0.2) is 0 Å². The molecular weight excluding hydrogens is 184 g/mol. The Labute approximate surface area is 83.1 Å². The standard InChI is InChI=1S/C10H13ClN2/c1-7(12)10(3-4-10)8-2-5-13-6-9(8)11/h2,5-7H,3-4,12H2,1H3. The third kappa shape index (κ3) is 1.34. The number of hydrogen-bond donors (Lipinski definition) is 1. The quantitative estimate of drug-likeness (QED) is 0.787. The van der Waals surface area contributed by atoms with Crippen LogP contribution in [-0.4, -0.2) is 11.0 Å². The maximum Gasteiger partial charge on any atom is 0.0627 e. The lowest BCUT2D eigenvalue weighted by atomic mass is 9.90. The summed E-state index contributed by atoms with van der Waals surface area (Å²) in [5.74, 6) is 0. The van der Waals surface area contributed by atoms with E-state index in [-0.39, 0.29) is 11.5 Å². The summed E-state index contributed by atoms with van der Waals surface area (Å²) in [4.78, 5) is 3.97. The molecule has 0 aromatic carbocycles. The van der Waals surface area contributed by atoms with Crippen molar-refractivity contribution in [1.82, 2.24) is 4.98 Å². The zero-order valence-corrected chi connectivity index (χ0v) is 8.38. The molecule has 0 saturated heterocycles. The highest BCUT2D eigenvalue weighted by Gasteiger charge is 2.48. The maximum atomic E-state index is 6.07. The van der Waals surface area contributed by atoms with E-state index in [1.807, 2.05) is 13.0 Å². The number of nitrogens with zero attached hydrogens (tertiary/aromatic N) is 1. The molecule has 0 amide bonds. The molecule has 1 saturated carbocycles. The van der Waals surface area contributed by atoms with Crippen LogP contribution in [0, 0.1) is 0 Å². The van der Waals surface area contributed by atoms with Crippen molar-refractivity contribution in [2.45, 2.75) is 31.2 Å². The summed E-state index contributed by atoms with van der Waals surface area (Å²) in [5, 5.41) is 0.748. The van der Waals surface area contributed by atoms with Crippen molar-refractivity contribution in [3.63, 3.8) is 0 Å². The SMILES string of the molecule is CC(N)C1(c2ccncc2Cl)CC1. The molecule has 13 heavy (non-hydrogen) atoms. The van der Waals surface area contributed by atoms with Gasteiger partial charge in [-0.15, -0.1) is 0 Å². The fourth-order valence-corrected chi connectivity index (χ4v) is 2.19. The second-order valence-corrected chi connectivity index (χ2v) is 4.21. The highest BCUT2D eigenvalue weighted by Crippen LogP contribution is 2.52. The first kappa shape index (κ1) is 8.97. The molecule has 1 heterocycles. The van der Waals surface area contributed by atoms with Gasteiger partial charge in [0.05, 0.1) is 5.02 Å². The van der Waals surface area contributed by atoms with Gasteiger partial charge in [-0.1, -0.05) is 11.6 Å². The zero-order chi connectivity index (χ0) is 9.47. The minimum Gasteiger partial charge on any atom is -0.327 e. The summed E-state index contributed by atoms with van der Waals surface area (Å²) in [6.07, 6.45) is 5.77. The molecule has 2 rings (SSSR count). The molecule has 1 fully saturated rings. The summed E-state index contributed by atoms with van der Waals surface area (Å²) < 4.78 is 0. The van der Waals surface area contributed by atoms with Crippen molar-refractivity contribution in [2.75, 3.05) is 0 Å². The van der Waals surface area contributed by atoms with E-state index in [2.05, 4.69) is 4.98 Å². The van der Waals surface area contributed by atoms with Gasteiger partial charge in [-0.25, -0.2) is 0 Å². The van der Waals surface area contributed by atoms with Crippen molar-refractivity contribution < 1.29 is 0 Å². The number of pyridine rings is 1. The van der Waals surface area contributed by atoms with E-state index in [1.165, 1.54) is 5.56 Å². The molecular formula is C10H13ClN2. The van der Waals surface area contributed by atoms with Crippen LogP contribution in [0.15, 0.2) is 18.5 Å². The molecule has 2 N–H and O–H groups in total. The molecule has 1 aliphatic carbocycles. The Morgan fingerprint density at radius 1 is 1.62 bits per heavy atom. The van der Waals surface area contributed by atoms with Crippen LogP contribution in [0.25, 0.3) is 0 Å². The third-order valence-corrected chi connectivity index (χ3v) is 3.27. The van der Waals surface area contributed by atoms with Crippen molar-refractivity contribution in [3.05, 3.63) is 29.0 Å². The van der Waals surface area contributed by atoms with E-state index in [4.69, 9.17) is 17.3 Å². The smallest absolute Gasteiger partial charge is 0.0627 e. The van der Waals surface area contributed by atoms with E-state index in [0.717, 1.165) is 17.9 Å². The van der Waals surface area contributed by atoms with E-state index in [0.29, 0.717) is 0 Å². The van der Waals surface area contributed by atoms with Gasteiger partial charge in [0.1, 0.15) is 0 Å². The fourth-order valence-electron chi connectivity index (χ4n) is 1.88. The first-order valence-corrected chi connectivity index (χ1v) is 4.90. The summed E-state index contributed by atoms with van der Waals surface area (Å²) in [6.45, 7) is 2.05. The van der Waals surface area contributed by atoms with Crippen LogP contribution in [0.4, 0.5) is 0 Å². The number of nitrogens with two attached hydrogens (primary N) is 1. The second-order valence-electron chi connectivity index (χ2n) is 3.80. The highest BCUT2D eigenvalue weighted by molar-refractivity contribution is 6.31. The minimum atomic E-state index is 0.139. The summed E-state index contributed by atoms with van der Waals surface area (Å²) >= 11 is 6.07. The van der Waals surface area contributed by atoms with Gasteiger partial charge in [-0.3, -0.25) is 4.98 Å². The Kier molecular flexibility index (Phi) is 2.05. The van der Waals surface area contributed by atoms with Gasteiger partial charge in [-0.05, 0) is 31.4 Å². The summed E-state index contributed by atoms with van der Waals surface area (Å²) in [5.41, 5.74) is 7.26. The van der Waals surface area contributed by atoms with Gasteiger partial charge in [-0.2, -0.15) is 0 Å². The first-order chi connectivity index (χ1) is 6.17. The van der Waals surface area contributed by atoms with Gasteiger partial charge in [0, 0.05) is 23.9 Å². The van der Waals surface area contributed by atoms with Crippen LogP contribution >= 0.6 is 11.6 Å². The highest BCUT2D eigenvalue weighted by atomic mass is 35.5. The molecule has 3 heteroatoms. The Bertz CT molecular complexity index is 318. The van der Waals surface area contributed by atoms with Gasteiger partial charge in [0.25, 0.3) is 0 Å². The fraction of sp³-hybridized carbons (Fsp3) is 0.500. The Morgan fingerprint density at radius 2 is 2.31 bits per heavy atom. The van der Waals surface area contributed by atoms with Crippen molar-refractivity contribution in [3.8, 4) is 0 Å². The van der Waals surface area contributed by atoms with Crippen LogP contribution in [0.5, 0.6) is 0 Å². The summed E-state index contributed by atoms with van der Waals surface area (Å²) in [7, 11) is 0. The largest absolute Gasteiger partial charge is 0.327 e. The molecule has 1 aromatic rings. The number of rotatable bonds is 2. The van der Waals surface area contributed by atoms with E-state index in [1.54, 1.807) is 12.4 Å².